The highest BCUT2D eigenvalue weighted by Crippen LogP contribution is 2.27. The van der Waals surface area contributed by atoms with E-state index < -0.39 is 109 Å². The maximum absolute atomic E-state index is 6.63. The lowest BCUT2D eigenvalue weighted by Gasteiger charge is -2.37. The zero-order chi connectivity index (χ0) is 44.7. The van der Waals surface area contributed by atoms with Crippen LogP contribution in [-0.4, -0.2) is 145 Å². The van der Waals surface area contributed by atoms with Gasteiger partial charge in [-0.15, -0.1) is 0 Å². The summed E-state index contributed by atoms with van der Waals surface area (Å²) in [5.74, 6) is 0. The second kappa shape index (κ2) is 31.7. The van der Waals surface area contributed by atoms with E-state index in [1.54, 1.807) is 0 Å². The van der Waals surface area contributed by atoms with Crippen molar-refractivity contribution in [2.24, 2.45) is 0 Å². The van der Waals surface area contributed by atoms with E-state index >= 15 is 0 Å². The van der Waals surface area contributed by atoms with Crippen molar-refractivity contribution in [1.82, 2.24) is 0 Å². The largest absolute Gasteiger partial charge is 0.439 e. The molecule has 3 saturated heterocycles. The molecule has 3 fully saturated rings. The monoisotopic (exact) mass is 1110 g/mol. The van der Waals surface area contributed by atoms with Crippen LogP contribution in [0.2, 0.25) is 114 Å². The Morgan fingerprint density at radius 2 is 0.902 bits per heavy atom. The molecule has 29 heteroatoms. The van der Waals surface area contributed by atoms with Crippen molar-refractivity contribution in [3.8, 4) is 0 Å². The standard InChI is InChI=1S/C32H83O14Si15/c1-32-31-50(2)41-59(10,42-51(3)33-32)28-22-16-13-19-25-47-34-49-36-58(27-21-15-18-24-30-61(12)45-56(8)39-53(5)40-57(9)46-61)35-48-26-20-14-17-23-29-60(11)43-54(6)37-52(4)38-55(7)44-60/h32,50-57H,13-31H2,1-12H3. The van der Waals surface area contributed by atoms with Gasteiger partial charge in [-0.2, -0.15) is 0 Å². The lowest BCUT2D eigenvalue weighted by molar-refractivity contribution is 0.181. The zero-order valence-electron chi connectivity index (χ0n) is 39.8. The average Bonchev–Trinajstić information content (AvgIpc) is 3.11. The molecule has 8 atom stereocenters. The Morgan fingerprint density at radius 3 is 1.39 bits per heavy atom. The van der Waals surface area contributed by atoms with E-state index in [9.17, 15) is 0 Å². The van der Waals surface area contributed by atoms with Crippen LogP contribution >= 0.6 is 0 Å². The minimum Gasteiger partial charge on any atom is -0.439 e. The minimum atomic E-state index is -2.26. The summed E-state index contributed by atoms with van der Waals surface area (Å²) >= 11 is 0. The molecule has 355 valence electrons. The molecule has 0 aromatic heterocycles. The molecule has 3 rings (SSSR count). The molecule has 0 spiro atoms. The van der Waals surface area contributed by atoms with Gasteiger partial charge in [-0.05, 0) is 121 Å². The smallest absolute Gasteiger partial charge is 0.411 e. The normalized spacial score (nSPS) is 35.9. The Balaban J connectivity index is 1.32. The van der Waals surface area contributed by atoms with Crippen LogP contribution in [0.4, 0.5) is 0 Å². The summed E-state index contributed by atoms with van der Waals surface area (Å²) in [6.45, 7) is 25.9. The van der Waals surface area contributed by atoms with Crippen LogP contribution in [0.3, 0.4) is 0 Å². The minimum absolute atomic E-state index is 0.0575. The number of hydrogen-bond acceptors (Lipinski definition) is 14. The Hall–Kier alpha value is 2.69. The fraction of sp³-hybridized carbons (Fsp3) is 1.00. The molecule has 3 heterocycles. The molecule has 0 aliphatic carbocycles. The molecule has 0 aromatic carbocycles. The second-order valence-corrected chi connectivity index (χ2v) is 51.5. The van der Waals surface area contributed by atoms with Crippen LogP contribution in [0.1, 0.15) is 84.0 Å². The molecular formula is C32H83O14Si15. The van der Waals surface area contributed by atoms with Gasteiger partial charge in [0, 0.05) is 6.10 Å². The van der Waals surface area contributed by atoms with Crippen LogP contribution in [0.25, 0.3) is 0 Å². The van der Waals surface area contributed by atoms with E-state index in [2.05, 4.69) is 78.9 Å². The van der Waals surface area contributed by atoms with Gasteiger partial charge in [-0.25, -0.2) is 0 Å². The lowest BCUT2D eigenvalue weighted by Crippen LogP contribution is -2.52. The van der Waals surface area contributed by atoms with E-state index in [0.29, 0.717) is 19.5 Å². The van der Waals surface area contributed by atoms with Crippen LogP contribution in [-0.2, 0) is 57.9 Å². The van der Waals surface area contributed by atoms with Gasteiger partial charge < -0.3 is 57.9 Å². The third-order valence-electron chi connectivity index (χ3n) is 10.7. The molecule has 3 aliphatic heterocycles. The fourth-order valence-corrected chi connectivity index (χ4v) is 54.5. The zero-order valence-corrected chi connectivity index (χ0v) is 56.1. The second-order valence-electron chi connectivity index (χ2n) is 17.4. The molecule has 0 aromatic rings. The van der Waals surface area contributed by atoms with E-state index in [1.165, 1.54) is 44.9 Å². The molecule has 0 amide bonds. The van der Waals surface area contributed by atoms with Crippen molar-refractivity contribution >= 4 is 139 Å². The molecule has 0 bridgehead atoms. The summed E-state index contributed by atoms with van der Waals surface area (Å²) in [4.78, 5) is 0. The first-order valence-corrected chi connectivity index (χ1v) is 52.6. The average molecular weight is 1110 g/mol. The molecule has 8 unspecified atom stereocenters. The number of rotatable bonds is 27. The van der Waals surface area contributed by atoms with Gasteiger partial charge in [0.15, 0.2) is 9.04 Å². The van der Waals surface area contributed by atoms with Gasteiger partial charge in [0.05, 0.1) is 0 Å². The van der Waals surface area contributed by atoms with Gasteiger partial charge in [0.2, 0.25) is 19.5 Å². The first kappa shape index (κ1) is 58.0. The summed E-state index contributed by atoms with van der Waals surface area (Å²) in [6.07, 6.45) is 14.3. The quantitative estimate of drug-likeness (QED) is 0.0711. The highest BCUT2D eigenvalue weighted by Gasteiger charge is 2.41. The third-order valence-corrected chi connectivity index (χ3v) is 54.6. The van der Waals surface area contributed by atoms with Crippen molar-refractivity contribution < 1.29 is 57.9 Å². The summed E-state index contributed by atoms with van der Waals surface area (Å²) in [5, 5.41) is 0. The van der Waals surface area contributed by atoms with Gasteiger partial charge in [0.25, 0.3) is 55.7 Å². The molecule has 14 nitrogen and oxygen atoms in total. The first-order chi connectivity index (χ1) is 29.0. The molecular weight excluding hydrogens is 1030 g/mol. The van der Waals surface area contributed by atoms with Crippen LogP contribution in [0, 0.1) is 0 Å². The van der Waals surface area contributed by atoms with Gasteiger partial charge in [-0.3, -0.25) is 0 Å². The fourth-order valence-electron chi connectivity index (χ4n) is 8.26. The van der Waals surface area contributed by atoms with E-state index in [4.69, 9.17) is 57.9 Å². The Bertz CT molecular complexity index is 1120. The molecule has 0 N–H and O–H groups in total. The Morgan fingerprint density at radius 1 is 0.492 bits per heavy atom. The highest BCUT2D eigenvalue weighted by molar-refractivity contribution is 6.82. The summed E-state index contributed by atoms with van der Waals surface area (Å²) in [5.41, 5.74) is 0. The molecule has 3 aliphatic rings. The third kappa shape index (κ3) is 26.9. The van der Waals surface area contributed by atoms with Gasteiger partial charge in [-0.1, -0.05) is 77.0 Å². The van der Waals surface area contributed by atoms with Crippen molar-refractivity contribution in [1.29, 1.82) is 0 Å². The number of hydrogen-bond donors (Lipinski definition) is 0. The van der Waals surface area contributed by atoms with E-state index in [1.807, 2.05) is 0 Å². The summed E-state index contributed by atoms with van der Waals surface area (Å²) in [6, 6.07) is 7.34. The van der Waals surface area contributed by atoms with Crippen molar-refractivity contribution in [2.75, 3.05) is 0 Å². The van der Waals surface area contributed by atoms with Crippen LogP contribution < -0.4 is 0 Å². The van der Waals surface area contributed by atoms with Crippen molar-refractivity contribution in [3.05, 3.63) is 0 Å². The van der Waals surface area contributed by atoms with Crippen LogP contribution in [0.5, 0.6) is 0 Å². The van der Waals surface area contributed by atoms with Crippen molar-refractivity contribution in [2.45, 2.75) is 204 Å². The Kier molecular flexibility index (Phi) is 30.2. The van der Waals surface area contributed by atoms with Crippen LogP contribution in [0.15, 0.2) is 0 Å². The van der Waals surface area contributed by atoms with Gasteiger partial charge >= 0.3 is 54.3 Å². The highest BCUT2D eigenvalue weighted by atomic mass is 28.5. The summed E-state index contributed by atoms with van der Waals surface area (Å²) < 4.78 is 88.5. The van der Waals surface area contributed by atoms with E-state index in [-0.39, 0.29) is 16.1 Å². The topological polar surface area (TPSA) is 129 Å². The summed E-state index contributed by atoms with van der Waals surface area (Å²) in [7, 11) is -19.8. The molecule has 61 heavy (non-hydrogen) atoms. The maximum Gasteiger partial charge on any atom is 0.411 e. The lowest BCUT2D eigenvalue weighted by atomic mass is 10.2. The van der Waals surface area contributed by atoms with Crippen molar-refractivity contribution in [3.63, 3.8) is 0 Å². The predicted octanol–water partition coefficient (Wildman–Crippen LogP) is 5.95. The van der Waals surface area contributed by atoms with E-state index in [0.717, 1.165) is 74.4 Å². The Labute approximate surface area is 398 Å². The van der Waals surface area contributed by atoms with Gasteiger partial charge in [0.1, 0.15) is 0 Å². The molecule has 0 saturated carbocycles. The number of unbranched alkanes of at least 4 members (excludes halogenated alkanes) is 9. The SMILES string of the molecule is CC1C[SiH](C)O[Si](C)(CCCCCC[Si]O[Si]O[Si](CCCCCC[Si]2(C)O[SiH](C)O[SiH](C)O[SiH](C)O2)O[Si]CCCCCC[Si]2(C)O[SiH](C)O[SiH](C)O[SiH](C)O2)O[SiH](C)O1. The molecule has 7 radical (unpaired) electrons. The first-order valence-electron chi connectivity index (χ1n) is 23.4. The maximum atomic E-state index is 6.63. The predicted molar refractivity (Wildman–Crippen MR) is 276 cm³/mol.